The van der Waals surface area contributed by atoms with Gasteiger partial charge in [-0.15, -0.1) is 0 Å². The molecule has 4 atom stereocenters. The van der Waals surface area contributed by atoms with Crippen LogP contribution in [0, 0.1) is 17.8 Å². The molecule has 102 valence electrons. The van der Waals surface area contributed by atoms with Crippen LogP contribution >= 0.6 is 0 Å². The molecule has 0 radical (unpaired) electrons. The van der Waals surface area contributed by atoms with Gasteiger partial charge in [0.05, 0.1) is 11.0 Å². The third kappa shape index (κ3) is 3.68. The zero-order valence-electron chi connectivity index (χ0n) is 11.7. The number of sulfone groups is 1. The van der Waals surface area contributed by atoms with Gasteiger partial charge < -0.3 is 5.32 Å². The van der Waals surface area contributed by atoms with Crippen molar-refractivity contribution in [2.45, 2.75) is 51.8 Å². The molecule has 1 aliphatic rings. The minimum absolute atomic E-state index is 0.123. The Bertz CT molecular complexity index is 337. The molecule has 0 heterocycles. The minimum atomic E-state index is -2.98. The third-order valence-corrected chi connectivity index (χ3v) is 6.49. The van der Waals surface area contributed by atoms with E-state index in [9.17, 15) is 8.42 Å². The molecule has 0 bridgehead atoms. The van der Waals surface area contributed by atoms with E-state index < -0.39 is 9.84 Å². The summed E-state index contributed by atoms with van der Waals surface area (Å²) < 4.78 is 24.9. The van der Waals surface area contributed by atoms with Crippen LogP contribution in [0.3, 0.4) is 0 Å². The second-order valence-corrected chi connectivity index (χ2v) is 8.34. The molecule has 1 fully saturated rings. The molecule has 0 aliphatic heterocycles. The van der Waals surface area contributed by atoms with Crippen LogP contribution in [0.4, 0.5) is 0 Å². The molecule has 3 nitrogen and oxygen atoms in total. The van der Waals surface area contributed by atoms with E-state index >= 15 is 0 Å². The van der Waals surface area contributed by atoms with E-state index in [1.165, 1.54) is 0 Å². The van der Waals surface area contributed by atoms with E-state index in [0.29, 0.717) is 11.7 Å². The third-order valence-electron chi connectivity index (χ3n) is 3.74. The molecule has 0 aromatic carbocycles. The van der Waals surface area contributed by atoms with Crippen LogP contribution in [0.2, 0.25) is 0 Å². The molecule has 4 heteroatoms. The van der Waals surface area contributed by atoms with Crippen molar-refractivity contribution in [3.63, 3.8) is 0 Å². The topological polar surface area (TPSA) is 46.2 Å². The largest absolute Gasteiger partial charge is 0.316 e. The zero-order chi connectivity index (χ0) is 13.2. The monoisotopic (exact) mass is 261 g/mol. The van der Waals surface area contributed by atoms with Gasteiger partial charge in [-0.3, -0.25) is 0 Å². The molecule has 0 amide bonds. The van der Waals surface area contributed by atoms with Gasteiger partial charge in [-0.2, -0.15) is 0 Å². The normalized spacial score (nSPS) is 35.2. The smallest absolute Gasteiger partial charge is 0.155 e. The molecule has 17 heavy (non-hydrogen) atoms. The average Bonchev–Trinajstić information content (AvgIpc) is 2.13. The quantitative estimate of drug-likeness (QED) is 0.843. The fourth-order valence-corrected chi connectivity index (χ4v) is 6.01. The van der Waals surface area contributed by atoms with Gasteiger partial charge in [-0.05, 0) is 37.6 Å². The molecule has 0 spiro atoms. The van der Waals surface area contributed by atoms with Gasteiger partial charge in [0, 0.05) is 6.04 Å². The summed E-state index contributed by atoms with van der Waals surface area (Å²) in [5, 5.41) is 3.01. The van der Waals surface area contributed by atoms with Crippen LogP contribution in [0.25, 0.3) is 0 Å². The molecule has 1 saturated carbocycles. The van der Waals surface area contributed by atoms with Gasteiger partial charge in [-0.1, -0.05) is 27.7 Å². The summed E-state index contributed by atoms with van der Waals surface area (Å²) in [6.07, 6.45) is 2.00. The summed E-state index contributed by atoms with van der Waals surface area (Å²) in [7, 11) is -1.10. The fourth-order valence-electron chi connectivity index (χ4n) is 3.29. The van der Waals surface area contributed by atoms with Crippen molar-refractivity contribution in [2.75, 3.05) is 12.8 Å². The summed E-state index contributed by atoms with van der Waals surface area (Å²) in [6, 6.07) is 0.123. The Hall–Kier alpha value is -0.0900. The predicted octanol–water partition coefficient (Wildman–Crippen LogP) is 2.08. The number of hydrogen-bond donors (Lipinski definition) is 1. The number of rotatable bonds is 4. The molecule has 0 saturated heterocycles. The lowest BCUT2D eigenvalue weighted by atomic mass is 9.80. The highest BCUT2D eigenvalue weighted by Crippen LogP contribution is 2.34. The van der Waals surface area contributed by atoms with Crippen molar-refractivity contribution >= 4 is 9.84 Å². The lowest BCUT2D eigenvalue weighted by molar-refractivity contribution is 0.249. The van der Waals surface area contributed by atoms with E-state index in [1.807, 2.05) is 20.9 Å². The highest BCUT2D eigenvalue weighted by molar-refractivity contribution is 7.92. The Morgan fingerprint density at radius 1 is 1.24 bits per heavy atom. The maximum Gasteiger partial charge on any atom is 0.155 e. The van der Waals surface area contributed by atoms with Crippen LogP contribution < -0.4 is 5.32 Å². The van der Waals surface area contributed by atoms with E-state index in [2.05, 4.69) is 19.2 Å². The van der Waals surface area contributed by atoms with Crippen molar-refractivity contribution in [1.29, 1.82) is 0 Å². The first-order valence-corrected chi connectivity index (χ1v) is 8.38. The molecule has 0 aromatic rings. The van der Waals surface area contributed by atoms with Crippen molar-refractivity contribution < 1.29 is 8.42 Å². The number of nitrogens with one attached hydrogen (secondary N) is 1. The summed E-state index contributed by atoms with van der Waals surface area (Å²) >= 11 is 0. The molecule has 1 N–H and O–H groups in total. The van der Waals surface area contributed by atoms with E-state index in [4.69, 9.17) is 0 Å². The van der Waals surface area contributed by atoms with Crippen molar-refractivity contribution in [3.05, 3.63) is 0 Å². The summed E-state index contributed by atoms with van der Waals surface area (Å²) in [5.41, 5.74) is 0. The SMILES string of the molecule is CNC1CC(C)CC(C)C1S(=O)(=O)CC(C)C. The molecule has 1 aliphatic carbocycles. The van der Waals surface area contributed by atoms with Crippen molar-refractivity contribution in [3.8, 4) is 0 Å². The van der Waals surface area contributed by atoms with Gasteiger partial charge >= 0.3 is 0 Å². The Morgan fingerprint density at radius 3 is 2.29 bits per heavy atom. The second-order valence-electron chi connectivity index (χ2n) is 6.14. The highest BCUT2D eigenvalue weighted by atomic mass is 32.2. The Morgan fingerprint density at radius 2 is 1.82 bits per heavy atom. The standard InChI is InChI=1S/C13H27NO2S/c1-9(2)8-17(15,16)13-11(4)6-10(3)7-12(13)14-5/h9-14H,6-8H2,1-5H3. The van der Waals surface area contributed by atoms with E-state index in [-0.39, 0.29) is 23.1 Å². The summed E-state index contributed by atoms with van der Waals surface area (Å²) in [6.45, 7) is 8.25. The van der Waals surface area contributed by atoms with Gasteiger partial charge in [0.25, 0.3) is 0 Å². The molecule has 1 rings (SSSR count). The van der Waals surface area contributed by atoms with Gasteiger partial charge in [0.15, 0.2) is 9.84 Å². The lowest BCUT2D eigenvalue weighted by Crippen LogP contribution is -2.51. The molecule has 0 aromatic heterocycles. The van der Waals surface area contributed by atoms with Gasteiger partial charge in [0.2, 0.25) is 0 Å². The van der Waals surface area contributed by atoms with Crippen LogP contribution in [-0.2, 0) is 9.84 Å². The highest BCUT2D eigenvalue weighted by Gasteiger charge is 2.41. The second kappa shape index (κ2) is 5.70. The van der Waals surface area contributed by atoms with Crippen molar-refractivity contribution in [1.82, 2.24) is 5.32 Å². The lowest BCUT2D eigenvalue weighted by Gasteiger charge is -2.39. The maximum atomic E-state index is 12.4. The Labute approximate surface area is 106 Å². The fraction of sp³-hybridized carbons (Fsp3) is 1.00. The van der Waals surface area contributed by atoms with Gasteiger partial charge in [-0.25, -0.2) is 8.42 Å². The zero-order valence-corrected chi connectivity index (χ0v) is 12.5. The maximum absolute atomic E-state index is 12.4. The summed E-state index contributed by atoms with van der Waals surface area (Å²) in [4.78, 5) is 0. The van der Waals surface area contributed by atoms with E-state index in [0.717, 1.165) is 12.8 Å². The summed E-state index contributed by atoms with van der Waals surface area (Å²) in [5.74, 6) is 1.41. The first kappa shape index (κ1) is 15.0. The van der Waals surface area contributed by atoms with Crippen LogP contribution in [0.5, 0.6) is 0 Å². The predicted molar refractivity (Wildman–Crippen MR) is 72.8 cm³/mol. The van der Waals surface area contributed by atoms with Crippen molar-refractivity contribution in [2.24, 2.45) is 17.8 Å². The Kier molecular flexibility index (Phi) is 5.02. The van der Waals surface area contributed by atoms with E-state index in [1.54, 1.807) is 0 Å². The Balaban J connectivity index is 2.92. The van der Waals surface area contributed by atoms with Crippen LogP contribution in [0.1, 0.15) is 40.5 Å². The number of hydrogen-bond acceptors (Lipinski definition) is 3. The molecular formula is C13H27NO2S. The average molecular weight is 261 g/mol. The first-order valence-electron chi connectivity index (χ1n) is 6.66. The minimum Gasteiger partial charge on any atom is -0.316 e. The first-order chi connectivity index (χ1) is 7.77. The van der Waals surface area contributed by atoms with Crippen LogP contribution in [0.15, 0.2) is 0 Å². The van der Waals surface area contributed by atoms with Crippen LogP contribution in [-0.4, -0.2) is 32.5 Å². The molecule has 4 unspecified atom stereocenters. The molecular weight excluding hydrogens is 234 g/mol. The van der Waals surface area contributed by atoms with Gasteiger partial charge in [0.1, 0.15) is 0 Å².